The Hall–Kier alpha value is -6.91. The van der Waals surface area contributed by atoms with Crippen LogP contribution >= 0.6 is 0 Å². The van der Waals surface area contributed by atoms with Gasteiger partial charge < -0.3 is 0 Å². The molecule has 52 heavy (non-hydrogen) atoms. The summed E-state index contributed by atoms with van der Waals surface area (Å²) in [6, 6.07) is 58.0. The molecule has 0 aliphatic heterocycles. The minimum absolute atomic E-state index is 0.837. The monoisotopic (exact) mass is 664 g/mol. The van der Waals surface area contributed by atoms with Gasteiger partial charge in [0.05, 0.1) is 16.9 Å². The lowest BCUT2D eigenvalue weighted by molar-refractivity contribution is 1.14. The quantitative estimate of drug-likeness (QED) is 0.184. The Kier molecular flexibility index (Phi) is 7.17. The van der Waals surface area contributed by atoms with Crippen molar-refractivity contribution in [2.75, 3.05) is 0 Å². The normalized spacial score (nSPS) is 12.5. The molecule has 0 radical (unpaired) electrons. The molecule has 0 saturated carbocycles. The lowest BCUT2D eigenvalue weighted by Crippen LogP contribution is -2.29. The highest BCUT2D eigenvalue weighted by atomic mass is 15.0. The molecule has 0 unspecified atom stereocenters. The predicted octanol–water partition coefficient (Wildman–Crippen LogP) is 9.31. The summed E-state index contributed by atoms with van der Waals surface area (Å²) < 4.78 is 2.24. The first-order chi connectivity index (χ1) is 25.8. The van der Waals surface area contributed by atoms with Gasteiger partial charge in [-0.25, -0.2) is 4.98 Å². The molecule has 4 heterocycles. The fourth-order valence-electron chi connectivity index (χ4n) is 7.81. The average Bonchev–Trinajstić information content (AvgIpc) is 3.48. The van der Waals surface area contributed by atoms with E-state index in [1.807, 2.05) is 24.7 Å². The standard InChI is InChI=1S/C48H32N4/c1-2-12-32(13-3-1)43-29-34-14-4-5-17-38(34)47(41-20-7-6-18-39(41)43)36-24-26-45(51-31-36)44-25-23-35(30-50-44)33-15-10-16-37(28-33)52-46-22-9-8-19-40(46)42-21-11-27-49-48(42)52/h1-28,30-31H,29H2. The molecule has 0 atom stereocenters. The SMILES string of the molecule is c1ccc(C2=c3ccccc3=C(c3ccc(-c4ccc(-c5cccc(-n6c7ccccc7c7cccnc76)c5)cn4)nc3)c3ccccc3C2)cc1. The lowest BCUT2D eigenvalue weighted by Gasteiger charge is -2.13. The summed E-state index contributed by atoms with van der Waals surface area (Å²) in [5, 5.41) is 4.83. The molecule has 1 aliphatic carbocycles. The van der Waals surface area contributed by atoms with Crippen molar-refractivity contribution in [2.45, 2.75) is 6.42 Å². The van der Waals surface area contributed by atoms with Crippen molar-refractivity contribution in [3.8, 4) is 28.2 Å². The van der Waals surface area contributed by atoms with Crippen LogP contribution in [0.1, 0.15) is 22.3 Å². The van der Waals surface area contributed by atoms with E-state index in [4.69, 9.17) is 15.0 Å². The van der Waals surface area contributed by atoms with Crippen LogP contribution in [0.2, 0.25) is 0 Å². The van der Waals surface area contributed by atoms with Crippen LogP contribution in [0.15, 0.2) is 182 Å². The molecule has 4 nitrogen and oxygen atoms in total. The average molecular weight is 665 g/mol. The number of para-hydroxylation sites is 1. The molecule has 244 valence electrons. The minimum atomic E-state index is 0.837. The Balaban J connectivity index is 1.02. The molecule has 10 rings (SSSR count). The first-order valence-electron chi connectivity index (χ1n) is 17.6. The van der Waals surface area contributed by atoms with E-state index in [2.05, 4.69) is 162 Å². The van der Waals surface area contributed by atoms with Crippen LogP contribution in [0.25, 0.3) is 61.3 Å². The Bertz CT molecular complexity index is 2850. The maximum atomic E-state index is 4.99. The van der Waals surface area contributed by atoms with Gasteiger partial charge in [0.25, 0.3) is 0 Å². The molecule has 1 aliphatic rings. The summed E-state index contributed by atoms with van der Waals surface area (Å²) in [4.78, 5) is 14.6. The number of hydrogen-bond donors (Lipinski definition) is 0. The summed E-state index contributed by atoms with van der Waals surface area (Å²) in [5.74, 6) is 0. The largest absolute Gasteiger partial charge is 0.294 e. The highest BCUT2D eigenvalue weighted by Gasteiger charge is 2.19. The van der Waals surface area contributed by atoms with Gasteiger partial charge >= 0.3 is 0 Å². The zero-order valence-corrected chi connectivity index (χ0v) is 28.3. The van der Waals surface area contributed by atoms with Crippen molar-refractivity contribution in [2.24, 2.45) is 0 Å². The van der Waals surface area contributed by atoms with Crippen molar-refractivity contribution in [3.63, 3.8) is 0 Å². The van der Waals surface area contributed by atoms with E-state index in [9.17, 15) is 0 Å². The van der Waals surface area contributed by atoms with Crippen LogP contribution < -0.4 is 10.4 Å². The van der Waals surface area contributed by atoms with E-state index >= 15 is 0 Å². The van der Waals surface area contributed by atoms with E-state index < -0.39 is 0 Å². The van der Waals surface area contributed by atoms with Gasteiger partial charge in [-0.2, -0.15) is 0 Å². The highest BCUT2D eigenvalue weighted by molar-refractivity contribution is 6.07. The van der Waals surface area contributed by atoms with Crippen molar-refractivity contribution >= 4 is 33.1 Å². The molecule has 0 saturated heterocycles. The van der Waals surface area contributed by atoms with Crippen LogP contribution in [-0.4, -0.2) is 19.5 Å². The number of aromatic nitrogens is 4. The Morgan fingerprint density at radius 1 is 0.462 bits per heavy atom. The zero-order chi connectivity index (χ0) is 34.4. The molecular weight excluding hydrogens is 633 g/mol. The summed E-state index contributed by atoms with van der Waals surface area (Å²) in [6.07, 6.45) is 6.67. The van der Waals surface area contributed by atoms with E-state index in [0.717, 1.165) is 56.7 Å². The molecule has 4 aromatic heterocycles. The van der Waals surface area contributed by atoms with Gasteiger partial charge in [0.15, 0.2) is 0 Å². The second-order valence-electron chi connectivity index (χ2n) is 13.2. The first-order valence-corrected chi connectivity index (χ1v) is 17.6. The predicted molar refractivity (Wildman–Crippen MR) is 211 cm³/mol. The molecular formula is C48H32N4. The molecule has 9 aromatic rings. The summed E-state index contributed by atoms with van der Waals surface area (Å²) in [5.41, 5.74) is 14.4. The van der Waals surface area contributed by atoms with Crippen molar-refractivity contribution in [3.05, 3.63) is 215 Å². The van der Waals surface area contributed by atoms with Gasteiger partial charge in [-0.1, -0.05) is 121 Å². The Morgan fingerprint density at radius 2 is 1.15 bits per heavy atom. The summed E-state index contributed by atoms with van der Waals surface area (Å²) in [7, 11) is 0. The third kappa shape index (κ3) is 5.04. The van der Waals surface area contributed by atoms with Crippen LogP contribution in [0.5, 0.6) is 0 Å². The number of fused-ring (bicyclic) bond motifs is 5. The van der Waals surface area contributed by atoms with Gasteiger partial charge in [-0.3, -0.25) is 14.5 Å². The van der Waals surface area contributed by atoms with Crippen molar-refractivity contribution in [1.29, 1.82) is 0 Å². The molecule has 0 spiro atoms. The number of rotatable bonds is 5. The molecule has 4 heteroatoms. The molecule has 0 fully saturated rings. The smallest absolute Gasteiger partial charge is 0.145 e. The molecule has 0 amide bonds. The van der Waals surface area contributed by atoms with E-state index in [0.29, 0.717) is 0 Å². The molecule has 5 aromatic carbocycles. The summed E-state index contributed by atoms with van der Waals surface area (Å²) >= 11 is 0. The van der Waals surface area contributed by atoms with Gasteiger partial charge in [-0.15, -0.1) is 0 Å². The number of benzene rings is 5. The van der Waals surface area contributed by atoms with Crippen LogP contribution in [0, 0.1) is 0 Å². The Labute approximate surface area is 301 Å². The third-order valence-corrected chi connectivity index (χ3v) is 10.2. The topological polar surface area (TPSA) is 43.6 Å². The van der Waals surface area contributed by atoms with E-state index in [1.54, 1.807) is 0 Å². The Morgan fingerprint density at radius 3 is 1.98 bits per heavy atom. The minimum Gasteiger partial charge on any atom is -0.294 e. The van der Waals surface area contributed by atoms with Gasteiger partial charge in [0.2, 0.25) is 0 Å². The fourth-order valence-corrected chi connectivity index (χ4v) is 7.81. The lowest BCUT2D eigenvalue weighted by atomic mass is 9.92. The van der Waals surface area contributed by atoms with Crippen LogP contribution in [0.3, 0.4) is 0 Å². The van der Waals surface area contributed by atoms with Crippen LogP contribution in [-0.2, 0) is 6.42 Å². The van der Waals surface area contributed by atoms with Gasteiger partial charge in [-0.05, 0) is 92.7 Å². The first kappa shape index (κ1) is 30.0. The highest BCUT2D eigenvalue weighted by Crippen LogP contribution is 2.33. The summed E-state index contributed by atoms with van der Waals surface area (Å²) in [6.45, 7) is 0. The maximum Gasteiger partial charge on any atom is 0.145 e. The van der Waals surface area contributed by atoms with Crippen molar-refractivity contribution < 1.29 is 0 Å². The molecule has 0 bridgehead atoms. The van der Waals surface area contributed by atoms with E-state index in [-0.39, 0.29) is 0 Å². The molecule has 0 N–H and O–H groups in total. The van der Waals surface area contributed by atoms with E-state index in [1.165, 1.54) is 43.7 Å². The van der Waals surface area contributed by atoms with Crippen LogP contribution in [0.4, 0.5) is 0 Å². The van der Waals surface area contributed by atoms with Gasteiger partial charge in [0, 0.05) is 46.2 Å². The zero-order valence-electron chi connectivity index (χ0n) is 28.3. The number of nitrogens with zero attached hydrogens (tertiary/aromatic N) is 4. The number of pyridine rings is 3. The second kappa shape index (κ2) is 12.4. The maximum absolute atomic E-state index is 4.99. The van der Waals surface area contributed by atoms with Gasteiger partial charge in [0.1, 0.15) is 5.65 Å². The second-order valence-corrected chi connectivity index (χ2v) is 13.2. The fraction of sp³-hybridized carbons (Fsp3) is 0.0208. The van der Waals surface area contributed by atoms with Crippen molar-refractivity contribution in [1.82, 2.24) is 19.5 Å². The third-order valence-electron chi connectivity index (χ3n) is 10.2. The number of hydrogen-bond acceptors (Lipinski definition) is 3.